The Balaban J connectivity index is 2.32. The van der Waals surface area contributed by atoms with Gasteiger partial charge in [0.15, 0.2) is 23.3 Å². The summed E-state index contributed by atoms with van der Waals surface area (Å²) in [6.07, 6.45) is 0. The second-order valence-electron chi connectivity index (χ2n) is 3.93. The van der Waals surface area contributed by atoms with Gasteiger partial charge in [0.25, 0.3) is 0 Å². The van der Waals surface area contributed by atoms with Gasteiger partial charge in [0.05, 0.1) is 5.02 Å². The van der Waals surface area contributed by atoms with Crippen LogP contribution in [0.5, 0.6) is 0 Å². The van der Waals surface area contributed by atoms with Crippen molar-refractivity contribution in [3.63, 3.8) is 0 Å². The third-order valence-corrected chi connectivity index (χ3v) is 2.76. The van der Waals surface area contributed by atoms with E-state index in [0.717, 1.165) is 6.07 Å². The number of benzene rings is 1. The van der Waals surface area contributed by atoms with Gasteiger partial charge in [0.2, 0.25) is 0 Å². The monoisotopic (exact) mass is 301 g/mol. The molecule has 2 rings (SSSR count). The van der Waals surface area contributed by atoms with Crippen LogP contribution in [0.1, 0.15) is 6.92 Å². The molecule has 0 saturated heterocycles. The second kappa shape index (κ2) is 6.00. The van der Waals surface area contributed by atoms with E-state index in [1.807, 2.05) is 0 Å². The van der Waals surface area contributed by atoms with Crippen molar-refractivity contribution in [2.45, 2.75) is 6.92 Å². The number of hydrogen-bond acceptors (Lipinski definition) is 3. The molecule has 0 fully saturated rings. The van der Waals surface area contributed by atoms with Crippen LogP contribution < -0.4 is 10.6 Å². The van der Waals surface area contributed by atoms with Gasteiger partial charge in [-0.1, -0.05) is 11.6 Å². The minimum absolute atomic E-state index is 0.0450. The minimum atomic E-state index is -0.875. The molecule has 0 aliphatic heterocycles. The second-order valence-corrected chi connectivity index (χ2v) is 4.34. The molecule has 2 aromatic rings. The highest BCUT2D eigenvalue weighted by atomic mass is 35.5. The third-order valence-electron chi connectivity index (χ3n) is 2.46. The van der Waals surface area contributed by atoms with E-state index < -0.39 is 17.5 Å². The van der Waals surface area contributed by atoms with Gasteiger partial charge >= 0.3 is 0 Å². The van der Waals surface area contributed by atoms with Gasteiger partial charge in [-0.2, -0.15) is 0 Å². The normalized spacial score (nSPS) is 10.4. The molecule has 0 aliphatic rings. The Labute approximate surface area is 118 Å². The van der Waals surface area contributed by atoms with E-state index in [-0.39, 0.29) is 22.3 Å². The zero-order valence-corrected chi connectivity index (χ0v) is 11.2. The highest BCUT2D eigenvalue weighted by Gasteiger charge is 2.12. The standard InChI is InChI=1S/C13H11ClF3N3/c1-2-18-12-10(16)6-11(17)13(20-12)19-7-3-4-8(14)9(15)5-7/h3-6H,2H2,1H3,(H2,18,19,20). The summed E-state index contributed by atoms with van der Waals surface area (Å²) in [5.41, 5.74) is 0.257. The molecule has 20 heavy (non-hydrogen) atoms. The number of pyridine rings is 1. The number of hydrogen-bond donors (Lipinski definition) is 2. The molecule has 1 aromatic carbocycles. The molecule has 1 heterocycles. The van der Waals surface area contributed by atoms with E-state index in [4.69, 9.17) is 11.6 Å². The maximum absolute atomic E-state index is 13.6. The number of nitrogens with one attached hydrogen (secondary N) is 2. The van der Waals surface area contributed by atoms with E-state index >= 15 is 0 Å². The summed E-state index contributed by atoms with van der Waals surface area (Å²) in [6, 6.07) is 4.59. The van der Waals surface area contributed by atoms with Gasteiger partial charge in [-0.25, -0.2) is 18.2 Å². The van der Waals surface area contributed by atoms with E-state index in [9.17, 15) is 13.2 Å². The van der Waals surface area contributed by atoms with E-state index in [1.54, 1.807) is 6.92 Å². The van der Waals surface area contributed by atoms with Crippen molar-refractivity contribution in [2.75, 3.05) is 17.2 Å². The lowest BCUT2D eigenvalue weighted by Crippen LogP contribution is -2.06. The lowest BCUT2D eigenvalue weighted by atomic mass is 10.3. The Morgan fingerprint density at radius 1 is 1.05 bits per heavy atom. The first-order chi connectivity index (χ1) is 9.51. The van der Waals surface area contributed by atoms with Crippen LogP contribution >= 0.6 is 11.6 Å². The molecule has 7 heteroatoms. The predicted octanol–water partition coefficient (Wildman–Crippen LogP) is 4.33. The first-order valence-corrected chi connectivity index (χ1v) is 6.21. The van der Waals surface area contributed by atoms with Crippen molar-refractivity contribution < 1.29 is 13.2 Å². The molecule has 0 bridgehead atoms. The molecule has 106 valence electrons. The first kappa shape index (κ1) is 14.5. The van der Waals surface area contributed by atoms with Crippen molar-refractivity contribution in [1.29, 1.82) is 0 Å². The summed E-state index contributed by atoms with van der Waals surface area (Å²) in [5, 5.41) is 5.19. The van der Waals surface area contributed by atoms with Gasteiger partial charge < -0.3 is 10.6 Å². The number of halogens is 4. The van der Waals surface area contributed by atoms with E-state index in [2.05, 4.69) is 15.6 Å². The third kappa shape index (κ3) is 3.14. The van der Waals surface area contributed by atoms with Crippen LogP contribution in [0.3, 0.4) is 0 Å². The van der Waals surface area contributed by atoms with Gasteiger partial charge in [0, 0.05) is 18.3 Å². The fraction of sp³-hybridized carbons (Fsp3) is 0.154. The molecule has 1 aromatic heterocycles. The van der Waals surface area contributed by atoms with Crippen molar-refractivity contribution >= 4 is 28.9 Å². The van der Waals surface area contributed by atoms with Gasteiger partial charge in [-0.05, 0) is 25.1 Å². The fourth-order valence-corrected chi connectivity index (χ4v) is 1.67. The van der Waals surface area contributed by atoms with Crippen LogP contribution in [0.2, 0.25) is 5.02 Å². The van der Waals surface area contributed by atoms with Gasteiger partial charge in [0.1, 0.15) is 5.82 Å². The number of anilines is 3. The number of aromatic nitrogens is 1. The Kier molecular flexibility index (Phi) is 4.34. The molecular formula is C13H11ClF3N3. The molecule has 0 saturated carbocycles. The maximum Gasteiger partial charge on any atom is 0.169 e. The summed E-state index contributed by atoms with van der Waals surface area (Å²) < 4.78 is 40.3. The highest BCUT2D eigenvalue weighted by Crippen LogP contribution is 2.25. The quantitative estimate of drug-likeness (QED) is 0.882. The number of rotatable bonds is 4. The summed E-state index contributed by atoms with van der Waals surface area (Å²) in [6.45, 7) is 2.19. The molecule has 0 spiro atoms. The Morgan fingerprint density at radius 2 is 1.75 bits per heavy atom. The van der Waals surface area contributed by atoms with Crippen LogP contribution in [0, 0.1) is 17.5 Å². The molecule has 0 amide bonds. The Morgan fingerprint density at radius 3 is 2.40 bits per heavy atom. The molecule has 0 aliphatic carbocycles. The first-order valence-electron chi connectivity index (χ1n) is 5.83. The van der Waals surface area contributed by atoms with Crippen LogP contribution in [-0.4, -0.2) is 11.5 Å². The lowest BCUT2D eigenvalue weighted by molar-refractivity contribution is 0.579. The Bertz CT molecular complexity index is 634. The number of nitrogens with zero attached hydrogens (tertiary/aromatic N) is 1. The zero-order chi connectivity index (χ0) is 14.7. The fourth-order valence-electron chi connectivity index (χ4n) is 1.56. The van der Waals surface area contributed by atoms with Crippen LogP contribution in [0.25, 0.3) is 0 Å². The minimum Gasteiger partial charge on any atom is -0.368 e. The molecule has 0 radical (unpaired) electrons. The molecule has 0 atom stereocenters. The van der Waals surface area contributed by atoms with Crippen molar-refractivity contribution in [3.05, 3.63) is 46.7 Å². The summed E-state index contributed by atoms with van der Waals surface area (Å²) >= 11 is 5.55. The lowest BCUT2D eigenvalue weighted by Gasteiger charge is -2.10. The summed E-state index contributed by atoms with van der Waals surface area (Å²) in [5.74, 6) is -2.60. The zero-order valence-electron chi connectivity index (χ0n) is 10.5. The maximum atomic E-state index is 13.6. The molecular weight excluding hydrogens is 291 g/mol. The van der Waals surface area contributed by atoms with Crippen molar-refractivity contribution in [1.82, 2.24) is 4.98 Å². The summed E-state index contributed by atoms with van der Waals surface area (Å²) in [7, 11) is 0. The topological polar surface area (TPSA) is 37.0 Å². The van der Waals surface area contributed by atoms with E-state index in [0.29, 0.717) is 12.6 Å². The van der Waals surface area contributed by atoms with Crippen LogP contribution in [0.15, 0.2) is 24.3 Å². The molecule has 3 nitrogen and oxygen atoms in total. The average Bonchev–Trinajstić information content (AvgIpc) is 2.39. The smallest absolute Gasteiger partial charge is 0.169 e. The van der Waals surface area contributed by atoms with Crippen LogP contribution in [-0.2, 0) is 0 Å². The average molecular weight is 302 g/mol. The highest BCUT2D eigenvalue weighted by molar-refractivity contribution is 6.30. The van der Waals surface area contributed by atoms with Crippen molar-refractivity contribution in [3.8, 4) is 0 Å². The predicted molar refractivity (Wildman–Crippen MR) is 73.0 cm³/mol. The summed E-state index contributed by atoms with van der Waals surface area (Å²) in [4.78, 5) is 3.78. The largest absolute Gasteiger partial charge is 0.368 e. The van der Waals surface area contributed by atoms with Gasteiger partial charge in [-0.15, -0.1) is 0 Å². The molecule has 2 N–H and O–H groups in total. The van der Waals surface area contributed by atoms with Crippen molar-refractivity contribution in [2.24, 2.45) is 0 Å². The molecule has 0 unspecified atom stereocenters. The van der Waals surface area contributed by atoms with E-state index in [1.165, 1.54) is 12.1 Å². The SMILES string of the molecule is CCNc1nc(Nc2ccc(Cl)c(F)c2)c(F)cc1F. The Hall–Kier alpha value is -1.95. The van der Waals surface area contributed by atoms with Gasteiger partial charge in [-0.3, -0.25) is 0 Å². The van der Waals surface area contributed by atoms with Crippen LogP contribution in [0.4, 0.5) is 30.5 Å².